The number of allylic oxidation sites excluding steroid dienone is 2. The fourth-order valence-electron chi connectivity index (χ4n) is 18.6. The van der Waals surface area contributed by atoms with Gasteiger partial charge in [0.2, 0.25) is 0 Å². The summed E-state index contributed by atoms with van der Waals surface area (Å²) in [7, 11) is 18.8. The summed E-state index contributed by atoms with van der Waals surface area (Å²) in [4.78, 5) is 0. The number of fused-ring (bicyclic) bond motifs is 2. The second-order valence-corrected chi connectivity index (χ2v) is 66.6. The van der Waals surface area contributed by atoms with E-state index in [4.69, 9.17) is 0 Å². The van der Waals surface area contributed by atoms with Gasteiger partial charge in [-0.2, -0.15) is 0 Å². The molecule has 0 heterocycles. The molecule has 7 heteroatoms. The van der Waals surface area contributed by atoms with Crippen LogP contribution in [0, 0.1) is 46.3 Å². The molecule has 0 nitrogen and oxygen atoms in total. The fraction of sp³-hybridized carbons (Fsp3) is 0.548. The Labute approximate surface area is 420 Å². The summed E-state index contributed by atoms with van der Waals surface area (Å²) in [6.45, 7) is 6.69. The molecule has 8 saturated carbocycles. The van der Waals surface area contributed by atoms with Crippen LogP contribution in [-0.2, 0) is 28.4 Å². The Morgan fingerprint density at radius 2 is 0.913 bits per heavy atom. The van der Waals surface area contributed by atoms with Crippen LogP contribution in [0.3, 0.4) is 0 Å². The molecule has 0 aromatic heterocycles. The SMILES string of the molecule is CCCc1ccc(-c2cccc3c2C=C(CC24CC5CC(CC(C5)C2)C4)[CH]3[Zr]([Cl])([Cl])([CH]2C(CC34CC5CC(CC(C5)C3)C4)=Cc3c(-c4ccc(CCC)cc4)cccc32)[SiH](C)CCC(F)(F)F)cc1. The van der Waals surface area contributed by atoms with Crippen LogP contribution in [0.15, 0.2) is 96.1 Å². The molecule has 365 valence electrons. The summed E-state index contributed by atoms with van der Waals surface area (Å²) >= 11 is -5.82. The van der Waals surface area contributed by atoms with Crippen LogP contribution in [0.2, 0.25) is 12.6 Å². The second kappa shape index (κ2) is 17.8. The molecule has 3 atom stereocenters. The molecule has 0 saturated heterocycles. The van der Waals surface area contributed by atoms with E-state index in [1.165, 1.54) is 144 Å². The van der Waals surface area contributed by atoms with E-state index in [0.29, 0.717) is 0 Å². The maximum absolute atomic E-state index is 14.9. The normalized spacial score (nSPS) is 32.7. The van der Waals surface area contributed by atoms with Gasteiger partial charge >= 0.3 is 424 Å². The standard InChI is InChI=1S/2C29H33.C4H8F3Si.2ClH.Zr/c2*1-2-4-20-7-9-25(10-8-20)27-6-3-5-26-14-24(15-28(26)27)19-29-16-21-11-22(17-29)13-23(12-21)18-29;1-8-3-2-4(5,6)7;;;/h2*3,5-10,14-15,21-23H,2,4,11-13,16-19H2,1H3;8H,2-3H2,1H3;2*1H;/q;;;;;+2/p-2. The van der Waals surface area contributed by atoms with Gasteiger partial charge in [-0.25, -0.2) is 0 Å². The molecule has 0 spiro atoms. The average molecular weight is 1070 g/mol. The predicted octanol–water partition coefficient (Wildman–Crippen LogP) is 19.0. The molecular weight excluding hydrogens is 992 g/mol. The van der Waals surface area contributed by atoms with Crippen molar-refractivity contribution in [2.45, 2.75) is 162 Å². The summed E-state index contributed by atoms with van der Waals surface area (Å²) in [6, 6.07) is 32.1. The van der Waals surface area contributed by atoms with Crippen molar-refractivity contribution in [3.05, 3.63) is 129 Å². The number of benzene rings is 4. The summed E-state index contributed by atoms with van der Waals surface area (Å²) in [5.74, 6) is 2.13. The van der Waals surface area contributed by atoms with E-state index in [1.807, 2.05) is 0 Å². The number of alkyl halides is 3. The Bertz CT molecular complexity index is 2440. The Morgan fingerprint density at radius 1 is 0.551 bits per heavy atom. The van der Waals surface area contributed by atoms with Gasteiger partial charge < -0.3 is 0 Å². The van der Waals surface area contributed by atoms with Gasteiger partial charge in [0.05, 0.1) is 0 Å². The van der Waals surface area contributed by atoms with Crippen LogP contribution in [-0.4, -0.2) is 12.1 Å². The third-order valence-electron chi connectivity index (χ3n) is 20.3. The molecule has 10 aliphatic carbocycles. The predicted molar refractivity (Wildman–Crippen MR) is 284 cm³/mol. The summed E-state index contributed by atoms with van der Waals surface area (Å²) < 4.78 is 44.1. The zero-order valence-corrected chi connectivity index (χ0v) is 46.6. The quantitative estimate of drug-likeness (QED) is 0.104. The van der Waals surface area contributed by atoms with E-state index in [-0.39, 0.29) is 24.1 Å². The number of aryl methyl sites for hydroxylation is 2. The molecule has 8 fully saturated rings. The van der Waals surface area contributed by atoms with Gasteiger partial charge in [-0.1, -0.05) is 0 Å². The zero-order chi connectivity index (χ0) is 47.5. The number of halogens is 5. The molecule has 69 heavy (non-hydrogen) atoms. The topological polar surface area (TPSA) is 0 Å². The molecule has 0 aliphatic heterocycles. The zero-order valence-electron chi connectivity index (χ0n) is 41.5. The Morgan fingerprint density at radius 3 is 1.25 bits per heavy atom. The van der Waals surface area contributed by atoms with Crippen molar-refractivity contribution in [3.8, 4) is 22.3 Å². The van der Waals surface area contributed by atoms with Crippen LogP contribution in [0.25, 0.3) is 34.4 Å². The van der Waals surface area contributed by atoms with Crippen molar-refractivity contribution in [2.75, 3.05) is 0 Å². The van der Waals surface area contributed by atoms with Crippen molar-refractivity contribution in [3.63, 3.8) is 0 Å². The van der Waals surface area contributed by atoms with Gasteiger partial charge in [-0.3, -0.25) is 0 Å². The molecule has 8 bridgehead atoms. The first-order valence-corrected chi connectivity index (χ1v) is 43.6. The van der Waals surface area contributed by atoms with Crippen LogP contribution in [0.4, 0.5) is 13.2 Å². The molecule has 10 aliphatic rings. The Hall–Kier alpha value is -2.17. The molecular formula is C62H74Cl2F3SiZr. The van der Waals surface area contributed by atoms with Gasteiger partial charge in [-0.05, 0) is 0 Å². The number of hydrogen-bond acceptors (Lipinski definition) is 0. The van der Waals surface area contributed by atoms with Gasteiger partial charge in [-0.15, -0.1) is 0 Å². The van der Waals surface area contributed by atoms with E-state index in [0.717, 1.165) is 74.0 Å². The third-order valence-corrected chi connectivity index (χ3v) is 70.5. The fourth-order valence-corrected chi connectivity index (χ4v) is 58.6. The second-order valence-electron chi connectivity index (χ2n) is 25.3. The minimum absolute atomic E-state index is 0.0892. The van der Waals surface area contributed by atoms with E-state index in [2.05, 4.69) is 117 Å². The van der Waals surface area contributed by atoms with Crippen molar-refractivity contribution < 1.29 is 28.7 Å². The molecule has 14 rings (SSSR count). The Balaban J connectivity index is 1.07. The minimum atomic E-state index is -5.82. The van der Waals surface area contributed by atoms with Gasteiger partial charge in [0.1, 0.15) is 0 Å². The van der Waals surface area contributed by atoms with E-state index < -0.39 is 34.1 Å². The molecule has 4 aromatic rings. The summed E-state index contributed by atoms with van der Waals surface area (Å²) in [5.41, 5.74) is 15.6. The van der Waals surface area contributed by atoms with Gasteiger partial charge in [0.25, 0.3) is 0 Å². The Kier molecular flexibility index (Phi) is 12.3. The molecule has 4 aromatic carbocycles. The van der Waals surface area contributed by atoms with Gasteiger partial charge in [0.15, 0.2) is 0 Å². The first-order chi connectivity index (χ1) is 33.1. The molecule has 0 amide bonds. The average Bonchev–Trinajstić information content (AvgIpc) is 3.86. The van der Waals surface area contributed by atoms with Crippen molar-refractivity contribution in [1.82, 2.24) is 0 Å². The van der Waals surface area contributed by atoms with E-state index in [9.17, 15) is 30.2 Å². The summed E-state index contributed by atoms with van der Waals surface area (Å²) in [6.07, 6.45) is 22.1. The van der Waals surface area contributed by atoms with Crippen LogP contribution in [0.5, 0.6) is 0 Å². The van der Waals surface area contributed by atoms with Gasteiger partial charge in [0, 0.05) is 0 Å². The van der Waals surface area contributed by atoms with Crippen molar-refractivity contribution in [2.24, 2.45) is 46.3 Å². The number of rotatable bonds is 15. The van der Waals surface area contributed by atoms with Crippen LogP contribution >= 0.6 is 17.0 Å². The van der Waals surface area contributed by atoms with Crippen molar-refractivity contribution >= 4 is 35.1 Å². The molecule has 0 radical (unpaired) electrons. The van der Waals surface area contributed by atoms with Crippen LogP contribution < -0.4 is 0 Å². The van der Waals surface area contributed by atoms with Crippen molar-refractivity contribution in [1.29, 1.82) is 0 Å². The first kappa shape index (κ1) is 47.8. The third kappa shape index (κ3) is 8.48. The number of hydrogen-bond donors (Lipinski definition) is 0. The molecule has 0 N–H and O–H groups in total. The monoisotopic (exact) mass is 1060 g/mol. The van der Waals surface area contributed by atoms with E-state index >= 15 is 0 Å². The summed E-state index contributed by atoms with van der Waals surface area (Å²) in [5, 5.41) is 0. The maximum atomic E-state index is 14.9. The van der Waals surface area contributed by atoms with E-state index in [1.54, 1.807) is 0 Å². The van der Waals surface area contributed by atoms with Crippen LogP contribution in [0.1, 0.15) is 164 Å². The first-order valence-electron chi connectivity index (χ1n) is 27.6. The molecule has 3 unspecified atom stereocenters.